The number of aryl methyl sites for hydroxylation is 1. The second-order valence-electron chi connectivity index (χ2n) is 7.31. The van der Waals surface area contributed by atoms with Gasteiger partial charge < -0.3 is 15.4 Å². The molecule has 0 fully saturated rings. The Labute approximate surface area is 146 Å². The van der Waals surface area contributed by atoms with E-state index in [0.717, 1.165) is 37.9 Å². The summed E-state index contributed by atoms with van der Waals surface area (Å²) in [7, 11) is 0. The van der Waals surface area contributed by atoms with Gasteiger partial charge >= 0.3 is 6.09 Å². The van der Waals surface area contributed by atoms with Crippen molar-refractivity contribution < 1.29 is 9.53 Å². The molecule has 0 atom stereocenters. The van der Waals surface area contributed by atoms with E-state index >= 15 is 0 Å². The Morgan fingerprint density at radius 1 is 1.25 bits per heavy atom. The standard InChI is InChI=1S/C18H34N4O2/c1-7-10-22-13-15(12-21-22)11-20-18(8-2,9-3)14-19-16(23)24-17(4,5)6/h12-13,20H,7-11,14H2,1-6H3,(H,19,23). The van der Waals surface area contributed by atoms with Crippen molar-refractivity contribution in [3.05, 3.63) is 18.0 Å². The molecule has 138 valence electrons. The van der Waals surface area contributed by atoms with Gasteiger partial charge in [0.1, 0.15) is 5.60 Å². The van der Waals surface area contributed by atoms with Crippen LogP contribution in [0.2, 0.25) is 0 Å². The average molecular weight is 338 g/mol. The third-order valence-corrected chi connectivity index (χ3v) is 4.13. The monoisotopic (exact) mass is 338 g/mol. The lowest BCUT2D eigenvalue weighted by atomic mass is 9.92. The molecule has 0 saturated carbocycles. The molecule has 2 N–H and O–H groups in total. The second kappa shape index (κ2) is 9.06. The van der Waals surface area contributed by atoms with Crippen molar-refractivity contribution in [3.8, 4) is 0 Å². The zero-order valence-electron chi connectivity index (χ0n) is 16.1. The van der Waals surface area contributed by atoms with Crippen LogP contribution in [0.25, 0.3) is 0 Å². The van der Waals surface area contributed by atoms with E-state index in [9.17, 15) is 4.79 Å². The number of alkyl carbamates (subject to hydrolysis) is 1. The molecule has 0 bridgehead atoms. The van der Waals surface area contributed by atoms with E-state index in [1.165, 1.54) is 0 Å². The van der Waals surface area contributed by atoms with Gasteiger partial charge in [0.05, 0.1) is 6.20 Å². The number of amides is 1. The van der Waals surface area contributed by atoms with Crippen LogP contribution in [0.5, 0.6) is 0 Å². The third kappa shape index (κ3) is 6.91. The number of nitrogens with zero attached hydrogens (tertiary/aromatic N) is 2. The van der Waals surface area contributed by atoms with E-state index in [1.54, 1.807) is 0 Å². The minimum Gasteiger partial charge on any atom is -0.444 e. The average Bonchev–Trinajstić information content (AvgIpc) is 2.95. The first-order chi connectivity index (χ1) is 11.2. The minimum atomic E-state index is -0.480. The van der Waals surface area contributed by atoms with Crippen LogP contribution in [0.4, 0.5) is 4.79 Å². The van der Waals surface area contributed by atoms with E-state index in [-0.39, 0.29) is 11.6 Å². The molecule has 24 heavy (non-hydrogen) atoms. The minimum absolute atomic E-state index is 0.149. The van der Waals surface area contributed by atoms with Crippen LogP contribution in [-0.2, 0) is 17.8 Å². The first-order valence-corrected chi connectivity index (χ1v) is 8.96. The van der Waals surface area contributed by atoms with Crippen molar-refractivity contribution in [1.82, 2.24) is 20.4 Å². The molecule has 1 aromatic rings. The van der Waals surface area contributed by atoms with Crippen molar-refractivity contribution in [2.75, 3.05) is 6.54 Å². The summed E-state index contributed by atoms with van der Waals surface area (Å²) in [5.74, 6) is 0. The fourth-order valence-electron chi connectivity index (χ4n) is 2.51. The molecule has 0 aromatic carbocycles. The summed E-state index contributed by atoms with van der Waals surface area (Å²) in [6, 6.07) is 0. The van der Waals surface area contributed by atoms with Gasteiger partial charge in [-0.2, -0.15) is 5.10 Å². The van der Waals surface area contributed by atoms with Gasteiger partial charge in [-0.1, -0.05) is 20.8 Å². The van der Waals surface area contributed by atoms with Crippen LogP contribution in [0, 0.1) is 0 Å². The van der Waals surface area contributed by atoms with E-state index in [0.29, 0.717) is 6.54 Å². The molecule has 1 aromatic heterocycles. The SMILES string of the molecule is CCCn1cc(CNC(CC)(CC)CNC(=O)OC(C)(C)C)cn1. The lowest BCUT2D eigenvalue weighted by molar-refractivity contribution is 0.0507. The molecule has 0 spiro atoms. The molecule has 1 rings (SSSR count). The van der Waals surface area contributed by atoms with E-state index < -0.39 is 5.60 Å². The third-order valence-electron chi connectivity index (χ3n) is 4.13. The number of rotatable bonds is 9. The lowest BCUT2D eigenvalue weighted by Crippen LogP contribution is -2.53. The van der Waals surface area contributed by atoms with Crippen molar-refractivity contribution in [3.63, 3.8) is 0 Å². The van der Waals surface area contributed by atoms with Crippen molar-refractivity contribution in [1.29, 1.82) is 0 Å². The highest BCUT2D eigenvalue weighted by Crippen LogP contribution is 2.16. The van der Waals surface area contributed by atoms with E-state index in [1.807, 2.05) is 31.6 Å². The van der Waals surface area contributed by atoms with Crippen molar-refractivity contribution >= 4 is 6.09 Å². The Bertz CT molecular complexity index is 501. The number of ether oxygens (including phenoxy) is 1. The summed E-state index contributed by atoms with van der Waals surface area (Å²) in [4.78, 5) is 11.9. The highest BCUT2D eigenvalue weighted by Gasteiger charge is 2.27. The summed E-state index contributed by atoms with van der Waals surface area (Å²) >= 11 is 0. The molecule has 0 unspecified atom stereocenters. The summed E-state index contributed by atoms with van der Waals surface area (Å²) in [6.07, 6.45) is 6.52. The van der Waals surface area contributed by atoms with E-state index in [4.69, 9.17) is 4.74 Å². The summed E-state index contributed by atoms with van der Waals surface area (Å²) < 4.78 is 7.29. The maximum Gasteiger partial charge on any atom is 0.407 e. The smallest absolute Gasteiger partial charge is 0.407 e. The number of hydrogen-bond acceptors (Lipinski definition) is 4. The van der Waals surface area contributed by atoms with Gasteiger partial charge in [-0.15, -0.1) is 0 Å². The van der Waals surface area contributed by atoms with Gasteiger partial charge in [0.2, 0.25) is 0 Å². The maximum absolute atomic E-state index is 11.9. The normalized spacial score (nSPS) is 12.2. The molecular formula is C18H34N4O2. The zero-order chi connectivity index (χ0) is 18.2. The number of carbonyl (C=O) groups excluding carboxylic acids is 1. The molecule has 6 nitrogen and oxygen atoms in total. The van der Waals surface area contributed by atoms with Crippen LogP contribution in [-0.4, -0.2) is 33.6 Å². The molecule has 0 aliphatic carbocycles. The van der Waals surface area contributed by atoms with Crippen LogP contribution in [0.3, 0.4) is 0 Å². The van der Waals surface area contributed by atoms with Crippen LogP contribution in [0.1, 0.15) is 66.4 Å². The zero-order valence-corrected chi connectivity index (χ0v) is 16.1. The van der Waals surface area contributed by atoms with Crippen molar-refractivity contribution in [2.45, 2.75) is 85.0 Å². The second-order valence-corrected chi connectivity index (χ2v) is 7.31. The Morgan fingerprint density at radius 2 is 1.92 bits per heavy atom. The van der Waals surface area contributed by atoms with Gasteiger partial charge in [-0.25, -0.2) is 4.79 Å². The predicted molar refractivity (Wildman–Crippen MR) is 96.9 cm³/mol. The van der Waals surface area contributed by atoms with Gasteiger partial charge in [-0.05, 0) is 40.0 Å². The fourth-order valence-corrected chi connectivity index (χ4v) is 2.51. The Kier molecular flexibility index (Phi) is 7.73. The fraction of sp³-hybridized carbons (Fsp3) is 0.778. The Morgan fingerprint density at radius 3 is 2.46 bits per heavy atom. The number of hydrogen-bond donors (Lipinski definition) is 2. The highest BCUT2D eigenvalue weighted by molar-refractivity contribution is 5.67. The summed E-state index contributed by atoms with van der Waals surface area (Å²) in [5.41, 5.74) is 0.531. The topological polar surface area (TPSA) is 68.2 Å². The first-order valence-electron chi connectivity index (χ1n) is 8.96. The molecule has 1 heterocycles. The Hall–Kier alpha value is -1.56. The number of carbonyl (C=O) groups is 1. The quantitative estimate of drug-likeness (QED) is 0.723. The molecule has 1 amide bonds. The summed E-state index contributed by atoms with van der Waals surface area (Å²) in [6.45, 7) is 14.2. The molecule has 0 radical (unpaired) electrons. The predicted octanol–water partition coefficient (Wildman–Crippen LogP) is 3.47. The Balaban J connectivity index is 2.58. The molecule has 0 aliphatic rings. The molecular weight excluding hydrogens is 304 g/mol. The summed E-state index contributed by atoms with van der Waals surface area (Å²) in [5, 5.41) is 10.9. The van der Waals surface area contributed by atoms with Gasteiger partial charge in [0, 0.05) is 36.9 Å². The molecule has 6 heteroatoms. The molecule has 0 saturated heterocycles. The van der Waals surface area contributed by atoms with E-state index in [2.05, 4.69) is 42.7 Å². The van der Waals surface area contributed by atoms with Gasteiger partial charge in [0.25, 0.3) is 0 Å². The largest absolute Gasteiger partial charge is 0.444 e. The lowest BCUT2D eigenvalue weighted by Gasteiger charge is -2.33. The first kappa shape index (κ1) is 20.5. The number of nitrogens with one attached hydrogen (secondary N) is 2. The maximum atomic E-state index is 11.9. The van der Waals surface area contributed by atoms with Gasteiger partial charge in [0.15, 0.2) is 0 Å². The number of aromatic nitrogens is 2. The van der Waals surface area contributed by atoms with Crippen LogP contribution in [0.15, 0.2) is 12.4 Å². The highest BCUT2D eigenvalue weighted by atomic mass is 16.6. The molecule has 0 aliphatic heterocycles. The van der Waals surface area contributed by atoms with Gasteiger partial charge in [-0.3, -0.25) is 4.68 Å². The van der Waals surface area contributed by atoms with Crippen molar-refractivity contribution in [2.24, 2.45) is 0 Å². The van der Waals surface area contributed by atoms with Crippen LogP contribution >= 0.6 is 0 Å². The van der Waals surface area contributed by atoms with Crippen LogP contribution < -0.4 is 10.6 Å².